The summed E-state index contributed by atoms with van der Waals surface area (Å²) in [6, 6.07) is 4.54. The number of rotatable bonds is 3. The van der Waals surface area contributed by atoms with Gasteiger partial charge in [-0.25, -0.2) is 8.42 Å². The fourth-order valence-corrected chi connectivity index (χ4v) is 5.30. The first-order valence-electron chi connectivity index (χ1n) is 5.83. The van der Waals surface area contributed by atoms with Gasteiger partial charge in [-0.15, -0.1) is 0 Å². The summed E-state index contributed by atoms with van der Waals surface area (Å²) < 4.78 is 25.2. The van der Waals surface area contributed by atoms with E-state index in [0.717, 1.165) is 12.8 Å². The van der Waals surface area contributed by atoms with Crippen LogP contribution in [0.15, 0.2) is 23.1 Å². The number of halogens is 2. The van der Waals surface area contributed by atoms with E-state index in [-0.39, 0.29) is 16.0 Å². The van der Waals surface area contributed by atoms with E-state index in [0.29, 0.717) is 11.4 Å². The third-order valence-electron chi connectivity index (χ3n) is 3.42. The highest BCUT2D eigenvalue weighted by atomic mass is 35.5. The van der Waals surface area contributed by atoms with E-state index < -0.39 is 15.1 Å². The highest BCUT2D eigenvalue weighted by Crippen LogP contribution is 2.34. The minimum atomic E-state index is -3.43. The summed E-state index contributed by atoms with van der Waals surface area (Å²) in [6.07, 6.45) is 2.45. The maximum Gasteiger partial charge on any atom is 0.184 e. The molecule has 3 nitrogen and oxygen atoms in total. The van der Waals surface area contributed by atoms with E-state index in [1.54, 1.807) is 13.1 Å². The van der Waals surface area contributed by atoms with Crippen LogP contribution in [0.1, 0.15) is 19.3 Å². The Balaban J connectivity index is 2.45. The van der Waals surface area contributed by atoms with Crippen molar-refractivity contribution < 1.29 is 8.42 Å². The van der Waals surface area contributed by atoms with E-state index in [9.17, 15) is 8.42 Å². The molecule has 0 heterocycles. The van der Waals surface area contributed by atoms with Crippen LogP contribution >= 0.6 is 23.2 Å². The Bertz CT molecular complexity index is 545. The molecular weight excluding hydrogens is 293 g/mol. The molecule has 0 radical (unpaired) electrons. The number of benzene rings is 1. The Hall–Kier alpha value is -0.290. The molecule has 2 unspecified atom stereocenters. The average Bonchev–Trinajstić information content (AvgIpc) is 2.81. The summed E-state index contributed by atoms with van der Waals surface area (Å²) in [7, 11) is -1.64. The first kappa shape index (κ1) is 14.1. The molecule has 1 saturated carbocycles. The smallest absolute Gasteiger partial charge is 0.184 e. The summed E-state index contributed by atoms with van der Waals surface area (Å²) in [5, 5.41) is 3.27. The van der Waals surface area contributed by atoms with Crippen molar-refractivity contribution in [3.63, 3.8) is 0 Å². The summed E-state index contributed by atoms with van der Waals surface area (Å²) in [5.74, 6) is 0. The molecule has 1 aliphatic rings. The zero-order chi connectivity index (χ0) is 13.3. The second-order valence-corrected chi connectivity index (χ2v) is 7.46. The molecule has 1 aromatic carbocycles. The van der Waals surface area contributed by atoms with E-state index >= 15 is 0 Å². The maximum atomic E-state index is 12.6. The maximum absolute atomic E-state index is 12.6. The minimum Gasteiger partial charge on any atom is -0.316 e. The number of hydrogen-bond donors (Lipinski definition) is 1. The van der Waals surface area contributed by atoms with E-state index in [1.165, 1.54) is 12.1 Å². The van der Waals surface area contributed by atoms with Gasteiger partial charge in [0.1, 0.15) is 0 Å². The predicted molar refractivity (Wildman–Crippen MR) is 74.1 cm³/mol. The Morgan fingerprint density at radius 1 is 1.28 bits per heavy atom. The van der Waals surface area contributed by atoms with Gasteiger partial charge < -0.3 is 5.32 Å². The molecule has 2 atom stereocenters. The normalized spacial score (nSPS) is 24.4. The van der Waals surface area contributed by atoms with Gasteiger partial charge in [0.2, 0.25) is 0 Å². The van der Waals surface area contributed by atoms with Gasteiger partial charge in [-0.05, 0) is 38.1 Å². The van der Waals surface area contributed by atoms with Gasteiger partial charge in [-0.1, -0.05) is 29.6 Å². The van der Waals surface area contributed by atoms with Crippen molar-refractivity contribution in [3.8, 4) is 0 Å². The van der Waals surface area contributed by atoms with Crippen LogP contribution in [0.2, 0.25) is 10.0 Å². The van der Waals surface area contributed by atoms with Crippen molar-refractivity contribution in [2.24, 2.45) is 0 Å². The molecule has 1 aliphatic carbocycles. The summed E-state index contributed by atoms with van der Waals surface area (Å²) in [4.78, 5) is 0.142. The molecule has 2 rings (SSSR count). The van der Waals surface area contributed by atoms with Crippen LogP contribution in [-0.4, -0.2) is 26.8 Å². The molecule has 0 saturated heterocycles. The quantitative estimate of drug-likeness (QED) is 0.934. The Kier molecular flexibility index (Phi) is 4.22. The monoisotopic (exact) mass is 307 g/mol. The first-order chi connectivity index (χ1) is 8.46. The molecule has 18 heavy (non-hydrogen) atoms. The number of nitrogens with one attached hydrogen (secondary N) is 1. The standard InChI is InChI=1S/C12H15Cl2NO2S/c1-15-10-3-2-4-11(10)18(16,17)12-7-8(13)5-6-9(12)14/h5-7,10-11,15H,2-4H2,1H3. The van der Waals surface area contributed by atoms with Crippen molar-refractivity contribution in [2.45, 2.75) is 35.4 Å². The van der Waals surface area contributed by atoms with Crippen LogP contribution in [0.25, 0.3) is 0 Å². The number of sulfone groups is 1. The lowest BCUT2D eigenvalue weighted by Crippen LogP contribution is -2.38. The largest absolute Gasteiger partial charge is 0.316 e. The first-order valence-corrected chi connectivity index (χ1v) is 8.13. The molecule has 0 amide bonds. The lowest BCUT2D eigenvalue weighted by Gasteiger charge is -2.20. The van der Waals surface area contributed by atoms with Gasteiger partial charge >= 0.3 is 0 Å². The van der Waals surface area contributed by atoms with Crippen molar-refractivity contribution in [1.29, 1.82) is 0 Å². The summed E-state index contributed by atoms with van der Waals surface area (Å²) in [6.45, 7) is 0. The van der Waals surface area contributed by atoms with Gasteiger partial charge in [0, 0.05) is 11.1 Å². The molecule has 0 bridgehead atoms. The molecular formula is C12H15Cl2NO2S. The summed E-state index contributed by atoms with van der Waals surface area (Å²) in [5.41, 5.74) is 0. The fourth-order valence-electron chi connectivity index (χ4n) is 2.49. The zero-order valence-electron chi connectivity index (χ0n) is 9.99. The minimum absolute atomic E-state index is 0.00921. The number of hydrogen-bond acceptors (Lipinski definition) is 3. The third kappa shape index (κ3) is 2.52. The molecule has 0 aromatic heterocycles. The van der Waals surface area contributed by atoms with Gasteiger partial charge in [-0.3, -0.25) is 0 Å². The van der Waals surface area contributed by atoms with Crippen LogP contribution < -0.4 is 5.32 Å². The van der Waals surface area contributed by atoms with Crippen molar-refractivity contribution >= 4 is 33.0 Å². The van der Waals surface area contributed by atoms with Crippen LogP contribution in [0.4, 0.5) is 0 Å². The highest BCUT2D eigenvalue weighted by molar-refractivity contribution is 7.92. The van der Waals surface area contributed by atoms with E-state index in [2.05, 4.69) is 5.32 Å². The van der Waals surface area contributed by atoms with Gasteiger partial charge in [0.15, 0.2) is 9.84 Å². The van der Waals surface area contributed by atoms with E-state index in [1.807, 2.05) is 0 Å². The predicted octanol–water partition coefficient (Wildman–Crippen LogP) is 2.91. The molecule has 6 heteroatoms. The summed E-state index contributed by atoms with van der Waals surface area (Å²) >= 11 is 11.9. The highest BCUT2D eigenvalue weighted by Gasteiger charge is 2.38. The average molecular weight is 308 g/mol. The molecule has 100 valence electrons. The molecule has 1 N–H and O–H groups in total. The van der Waals surface area contributed by atoms with Crippen LogP contribution in [0, 0.1) is 0 Å². The van der Waals surface area contributed by atoms with Crippen molar-refractivity contribution in [2.75, 3.05) is 7.05 Å². The Morgan fingerprint density at radius 2 is 2.00 bits per heavy atom. The second kappa shape index (κ2) is 5.37. The second-order valence-electron chi connectivity index (χ2n) is 4.48. The Labute approximate surface area is 117 Å². The third-order valence-corrected chi connectivity index (χ3v) is 6.41. The zero-order valence-corrected chi connectivity index (χ0v) is 12.3. The van der Waals surface area contributed by atoms with Crippen molar-refractivity contribution in [3.05, 3.63) is 28.2 Å². The molecule has 1 fully saturated rings. The van der Waals surface area contributed by atoms with Crippen LogP contribution in [-0.2, 0) is 9.84 Å². The van der Waals surface area contributed by atoms with Gasteiger partial charge in [-0.2, -0.15) is 0 Å². The Morgan fingerprint density at radius 3 is 2.67 bits per heavy atom. The molecule has 0 aliphatic heterocycles. The molecule has 0 spiro atoms. The van der Waals surface area contributed by atoms with Crippen LogP contribution in [0.5, 0.6) is 0 Å². The fraction of sp³-hybridized carbons (Fsp3) is 0.500. The van der Waals surface area contributed by atoms with Gasteiger partial charge in [0.05, 0.1) is 15.2 Å². The van der Waals surface area contributed by atoms with Crippen molar-refractivity contribution in [1.82, 2.24) is 5.32 Å². The SMILES string of the molecule is CNC1CCCC1S(=O)(=O)c1cc(Cl)ccc1Cl. The van der Waals surface area contributed by atoms with E-state index in [4.69, 9.17) is 23.2 Å². The lowest BCUT2D eigenvalue weighted by atomic mass is 10.2. The molecule has 1 aromatic rings. The van der Waals surface area contributed by atoms with Gasteiger partial charge in [0.25, 0.3) is 0 Å². The van der Waals surface area contributed by atoms with Crippen LogP contribution in [0.3, 0.4) is 0 Å². The lowest BCUT2D eigenvalue weighted by molar-refractivity contribution is 0.538. The topological polar surface area (TPSA) is 46.2 Å².